The van der Waals surface area contributed by atoms with Gasteiger partial charge in [-0.05, 0) is 35.3 Å². The summed E-state index contributed by atoms with van der Waals surface area (Å²) in [6, 6.07) is 0. The summed E-state index contributed by atoms with van der Waals surface area (Å²) < 4.78 is 0.629. The van der Waals surface area contributed by atoms with Crippen LogP contribution in [0.4, 0.5) is 0 Å². The van der Waals surface area contributed by atoms with Crippen LogP contribution in [0.3, 0.4) is 0 Å². The van der Waals surface area contributed by atoms with Gasteiger partial charge < -0.3 is 10.1 Å². The molecule has 0 aliphatic heterocycles. The molecule has 0 atom stereocenters. The number of halogens is 1. The van der Waals surface area contributed by atoms with Crippen LogP contribution in [0.5, 0.6) is 0 Å². The second kappa shape index (κ2) is 3.33. The normalized spacial score (nSPS) is 10.1. The number of aromatic nitrogens is 1. The topological polar surface area (TPSA) is 70.2 Å². The van der Waals surface area contributed by atoms with Gasteiger partial charge in [0.2, 0.25) is 0 Å². The summed E-state index contributed by atoms with van der Waals surface area (Å²) in [5.74, 6) is -1.21. The number of carbonyl (C=O) groups is 1. The first-order valence-corrected chi connectivity index (χ1v) is 4.36. The molecule has 0 aromatic carbocycles. The lowest BCUT2D eigenvalue weighted by molar-refractivity contribution is 0.0694. The van der Waals surface area contributed by atoms with Gasteiger partial charge in [0.15, 0.2) is 0 Å². The zero-order chi connectivity index (χ0) is 10.2. The molecule has 0 amide bonds. The molecule has 1 rings (SSSR count). The number of aromatic amines is 1. The summed E-state index contributed by atoms with van der Waals surface area (Å²) in [6.07, 6.45) is 0. The first-order valence-electron chi connectivity index (χ1n) is 3.57. The number of aryl methyl sites for hydroxylation is 1. The van der Waals surface area contributed by atoms with Crippen LogP contribution < -0.4 is 5.56 Å². The van der Waals surface area contributed by atoms with E-state index in [1.807, 2.05) is 0 Å². The lowest BCUT2D eigenvalue weighted by atomic mass is 10.1. The fourth-order valence-corrected chi connectivity index (χ4v) is 1.40. The smallest absolute Gasteiger partial charge is 0.341 e. The molecule has 0 radical (unpaired) electrons. The molecule has 0 saturated carbocycles. The molecule has 0 unspecified atom stereocenters. The molecule has 13 heavy (non-hydrogen) atoms. The SMILES string of the molecule is Cc1[nH]c(=O)c(C(=O)O)c(C)c1Br. The van der Waals surface area contributed by atoms with E-state index in [-0.39, 0.29) is 5.56 Å². The second-order valence-electron chi connectivity index (χ2n) is 2.70. The van der Waals surface area contributed by atoms with Gasteiger partial charge in [-0.15, -0.1) is 0 Å². The van der Waals surface area contributed by atoms with Gasteiger partial charge in [-0.1, -0.05) is 0 Å². The van der Waals surface area contributed by atoms with Crippen LogP contribution in [0.25, 0.3) is 0 Å². The Morgan fingerprint density at radius 1 is 1.46 bits per heavy atom. The van der Waals surface area contributed by atoms with Crippen LogP contribution in [0.2, 0.25) is 0 Å². The Bertz CT molecular complexity index is 422. The number of carboxylic acid groups (broad SMARTS) is 1. The molecular formula is C8H8BrNO3. The van der Waals surface area contributed by atoms with Crippen molar-refractivity contribution in [2.45, 2.75) is 13.8 Å². The van der Waals surface area contributed by atoms with E-state index in [0.717, 1.165) is 0 Å². The Morgan fingerprint density at radius 3 is 2.46 bits per heavy atom. The molecule has 70 valence electrons. The molecule has 0 aliphatic rings. The van der Waals surface area contributed by atoms with Gasteiger partial charge in [-0.2, -0.15) is 0 Å². The van der Waals surface area contributed by atoms with Gasteiger partial charge in [0.05, 0.1) is 0 Å². The molecule has 4 nitrogen and oxygen atoms in total. The van der Waals surface area contributed by atoms with E-state index in [2.05, 4.69) is 20.9 Å². The summed E-state index contributed by atoms with van der Waals surface area (Å²) >= 11 is 3.20. The zero-order valence-corrected chi connectivity index (χ0v) is 8.73. The van der Waals surface area contributed by atoms with E-state index in [1.54, 1.807) is 13.8 Å². The van der Waals surface area contributed by atoms with Crippen LogP contribution in [0.1, 0.15) is 21.6 Å². The highest BCUT2D eigenvalue weighted by Crippen LogP contribution is 2.19. The first kappa shape index (κ1) is 9.98. The van der Waals surface area contributed by atoms with Crippen LogP contribution in [-0.2, 0) is 0 Å². The summed E-state index contributed by atoms with van der Waals surface area (Å²) in [6.45, 7) is 3.29. The highest BCUT2D eigenvalue weighted by molar-refractivity contribution is 9.10. The average Bonchev–Trinajstić information content (AvgIpc) is 1.99. The molecule has 1 heterocycles. The molecule has 0 aliphatic carbocycles. The molecule has 5 heteroatoms. The van der Waals surface area contributed by atoms with E-state index in [1.165, 1.54) is 0 Å². The monoisotopic (exact) mass is 245 g/mol. The van der Waals surface area contributed by atoms with Gasteiger partial charge in [-0.25, -0.2) is 4.79 Å². The van der Waals surface area contributed by atoms with Crippen LogP contribution in [0.15, 0.2) is 9.27 Å². The number of aromatic carboxylic acids is 1. The van der Waals surface area contributed by atoms with Crippen molar-refractivity contribution in [1.82, 2.24) is 4.98 Å². The maximum Gasteiger partial charge on any atom is 0.341 e. The Hall–Kier alpha value is -1.10. The first-order chi connectivity index (χ1) is 5.95. The molecule has 2 N–H and O–H groups in total. The number of carboxylic acids is 1. The Kier molecular flexibility index (Phi) is 2.56. The van der Waals surface area contributed by atoms with Gasteiger partial charge in [0.1, 0.15) is 5.56 Å². The molecule has 0 spiro atoms. The van der Waals surface area contributed by atoms with Crippen molar-refractivity contribution >= 4 is 21.9 Å². The Labute approximate surface area is 82.7 Å². The zero-order valence-electron chi connectivity index (χ0n) is 7.14. The fourth-order valence-electron chi connectivity index (χ4n) is 1.11. The van der Waals surface area contributed by atoms with Gasteiger partial charge in [-0.3, -0.25) is 4.79 Å². The predicted molar refractivity (Wildman–Crippen MR) is 51.2 cm³/mol. The minimum Gasteiger partial charge on any atom is -0.477 e. The Balaban J connectivity index is 3.63. The number of hydrogen-bond acceptors (Lipinski definition) is 2. The summed E-state index contributed by atoms with van der Waals surface area (Å²) in [5, 5.41) is 8.72. The van der Waals surface area contributed by atoms with Crippen molar-refractivity contribution < 1.29 is 9.90 Å². The van der Waals surface area contributed by atoms with Crippen molar-refractivity contribution in [1.29, 1.82) is 0 Å². The van der Waals surface area contributed by atoms with E-state index in [9.17, 15) is 9.59 Å². The molecule has 0 fully saturated rings. The van der Waals surface area contributed by atoms with Gasteiger partial charge >= 0.3 is 5.97 Å². The molecule has 1 aromatic rings. The number of rotatable bonds is 1. The molecule has 0 bridgehead atoms. The molecule has 1 aromatic heterocycles. The number of H-pyrrole nitrogens is 1. The summed E-state index contributed by atoms with van der Waals surface area (Å²) in [7, 11) is 0. The number of nitrogens with one attached hydrogen (secondary N) is 1. The highest BCUT2D eigenvalue weighted by Gasteiger charge is 2.15. The van der Waals surface area contributed by atoms with Gasteiger partial charge in [0, 0.05) is 10.2 Å². The largest absolute Gasteiger partial charge is 0.477 e. The highest BCUT2D eigenvalue weighted by atomic mass is 79.9. The average molecular weight is 246 g/mol. The second-order valence-corrected chi connectivity index (χ2v) is 3.49. The van der Waals surface area contributed by atoms with Crippen LogP contribution in [-0.4, -0.2) is 16.1 Å². The van der Waals surface area contributed by atoms with E-state index < -0.39 is 11.5 Å². The van der Waals surface area contributed by atoms with Crippen molar-refractivity contribution in [2.75, 3.05) is 0 Å². The number of hydrogen-bond donors (Lipinski definition) is 2. The predicted octanol–water partition coefficient (Wildman–Crippen LogP) is 1.45. The van der Waals surface area contributed by atoms with E-state index in [4.69, 9.17) is 5.11 Å². The lowest BCUT2D eigenvalue weighted by Gasteiger charge is -2.04. The number of pyridine rings is 1. The maximum atomic E-state index is 11.2. The van der Waals surface area contributed by atoms with Crippen LogP contribution in [0, 0.1) is 13.8 Å². The lowest BCUT2D eigenvalue weighted by Crippen LogP contribution is -2.20. The maximum absolute atomic E-state index is 11.2. The summed E-state index contributed by atoms with van der Waals surface area (Å²) in [4.78, 5) is 24.3. The standard InChI is InChI=1S/C8H8BrNO3/c1-3-5(8(12)13)7(11)10-4(2)6(3)9/h1-2H3,(H,10,11)(H,12,13). The summed E-state index contributed by atoms with van der Waals surface area (Å²) in [5.41, 5.74) is 0.310. The van der Waals surface area contributed by atoms with Crippen LogP contribution >= 0.6 is 15.9 Å². The van der Waals surface area contributed by atoms with Crippen molar-refractivity contribution in [3.8, 4) is 0 Å². The van der Waals surface area contributed by atoms with E-state index >= 15 is 0 Å². The minimum absolute atomic E-state index is 0.211. The molecule has 0 saturated heterocycles. The minimum atomic E-state index is -1.21. The van der Waals surface area contributed by atoms with Crippen molar-refractivity contribution in [3.63, 3.8) is 0 Å². The third kappa shape index (κ3) is 1.65. The quantitative estimate of drug-likeness (QED) is 0.787. The Morgan fingerprint density at radius 2 is 2.00 bits per heavy atom. The van der Waals surface area contributed by atoms with Crippen molar-refractivity contribution in [2.24, 2.45) is 0 Å². The third-order valence-electron chi connectivity index (χ3n) is 1.78. The van der Waals surface area contributed by atoms with Crippen molar-refractivity contribution in [3.05, 3.63) is 31.6 Å². The fraction of sp³-hybridized carbons (Fsp3) is 0.250. The third-order valence-corrected chi connectivity index (χ3v) is 2.96. The molecular weight excluding hydrogens is 238 g/mol. The van der Waals surface area contributed by atoms with Gasteiger partial charge in [0.25, 0.3) is 5.56 Å². The van der Waals surface area contributed by atoms with E-state index in [0.29, 0.717) is 15.7 Å².